The Morgan fingerprint density at radius 3 is 2.50 bits per heavy atom. The number of carbonyl (C=O) groups is 1. The molecule has 184 valence electrons. The number of anilines is 1. The summed E-state index contributed by atoms with van der Waals surface area (Å²) >= 11 is 0. The highest BCUT2D eigenvalue weighted by atomic mass is 17.2. The van der Waals surface area contributed by atoms with Crippen LogP contribution in [-0.4, -0.2) is 39.3 Å². The average Bonchev–Trinajstić information content (AvgIpc) is 2.87. The van der Waals surface area contributed by atoms with Gasteiger partial charge in [-0.05, 0) is 59.9 Å². The van der Waals surface area contributed by atoms with Crippen molar-refractivity contribution in [3.05, 3.63) is 80.8 Å². The highest BCUT2D eigenvalue weighted by molar-refractivity contribution is 5.99. The molecule has 0 aromatic heterocycles. The Morgan fingerprint density at radius 2 is 1.83 bits per heavy atom. The Balaban J connectivity index is 1.71. The van der Waals surface area contributed by atoms with Crippen LogP contribution in [0.15, 0.2) is 58.8 Å². The number of likely N-dealkylation sites (N-methyl/N-ethyl adjacent to an activating group) is 1. The van der Waals surface area contributed by atoms with Crippen molar-refractivity contribution < 1.29 is 28.8 Å². The van der Waals surface area contributed by atoms with Crippen LogP contribution >= 0.6 is 0 Å². The lowest BCUT2D eigenvalue weighted by Gasteiger charge is -2.38. The van der Waals surface area contributed by atoms with Gasteiger partial charge in [-0.15, -0.1) is 0 Å². The van der Waals surface area contributed by atoms with Crippen LogP contribution in [0.4, 0.5) is 5.69 Å². The minimum absolute atomic E-state index is 0.227. The van der Waals surface area contributed by atoms with Crippen molar-refractivity contribution >= 4 is 17.4 Å². The summed E-state index contributed by atoms with van der Waals surface area (Å²) in [5.41, 5.74) is 13.1. The van der Waals surface area contributed by atoms with Crippen LogP contribution < -0.4 is 24.0 Å². The van der Waals surface area contributed by atoms with Gasteiger partial charge < -0.3 is 24.0 Å². The Kier molecular flexibility index (Phi) is 6.05. The topological polar surface area (TPSA) is 115 Å². The molecule has 0 radical (unpaired) electrons. The third-order valence-corrected chi connectivity index (χ3v) is 6.25. The maximum Gasteiger partial charge on any atom is 0.249 e. The fourth-order valence-electron chi connectivity index (χ4n) is 4.66. The van der Waals surface area contributed by atoms with E-state index >= 15 is 0 Å². The van der Waals surface area contributed by atoms with Crippen molar-refractivity contribution in [3.8, 4) is 23.0 Å². The number of hydrogen-bond acceptors (Lipinski definition) is 7. The van der Waals surface area contributed by atoms with Crippen LogP contribution in [0.25, 0.3) is 16.2 Å². The van der Waals surface area contributed by atoms with Crippen molar-refractivity contribution in [1.82, 2.24) is 0 Å². The van der Waals surface area contributed by atoms with Crippen molar-refractivity contribution in [3.63, 3.8) is 0 Å². The normalized spacial score (nSPS) is 17.5. The Hall–Kier alpha value is -4.40. The number of azide groups is 1. The average molecular weight is 489 g/mol. The van der Waals surface area contributed by atoms with E-state index < -0.39 is 5.91 Å². The molecular weight excluding hydrogens is 464 g/mol. The fraction of sp³-hybridized carbons (Fsp3) is 0.269. The zero-order valence-corrected chi connectivity index (χ0v) is 20.3. The van der Waals surface area contributed by atoms with E-state index in [0.29, 0.717) is 42.0 Å². The predicted octanol–water partition coefficient (Wildman–Crippen LogP) is 4.96. The molecule has 2 aliphatic heterocycles. The van der Waals surface area contributed by atoms with E-state index in [-0.39, 0.29) is 11.6 Å². The molecule has 0 spiro atoms. The first-order valence-corrected chi connectivity index (χ1v) is 11.3. The lowest BCUT2D eigenvalue weighted by atomic mass is 9.88. The number of benzene rings is 2. The number of fused-ring (bicyclic) bond motifs is 3. The summed E-state index contributed by atoms with van der Waals surface area (Å²) in [4.78, 5) is 27.1. The third-order valence-electron chi connectivity index (χ3n) is 6.25. The summed E-state index contributed by atoms with van der Waals surface area (Å²) in [6, 6.07) is 7.25. The quantitative estimate of drug-likeness (QED) is 0.192. The van der Waals surface area contributed by atoms with Crippen LogP contribution in [0.5, 0.6) is 23.0 Å². The maximum atomic E-state index is 12.4. The zero-order valence-electron chi connectivity index (χ0n) is 20.3. The minimum Gasteiger partial charge on any atom is -0.486 e. The maximum absolute atomic E-state index is 12.4. The van der Waals surface area contributed by atoms with Gasteiger partial charge in [0.05, 0.1) is 18.8 Å². The second kappa shape index (κ2) is 9.33. The molecule has 5 rings (SSSR count). The van der Waals surface area contributed by atoms with E-state index in [1.165, 1.54) is 7.11 Å². The number of amides is 1. The molecule has 2 aromatic carbocycles. The molecular formula is C26H24N4O6. The highest BCUT2D eigenvalue weighted by Crippen LogP contribution is 2.47. The number of carbonyl (C=O) groups excluding carboxylic acids is 1. The summed E-state index contributed by atoms with van der Waals surface area (Å²) < 4.78 is 18.3. The molecule has 36 heavy (non-hydrogen) atoms. The first-order valence-electron chi connectivity index (χ1n) is 11.3. The first kappa shape index (κ1) is 23.3. The summed E-state index contributed by atoms with van der Waals surface area (Å²) in [5, 5.41) is 3.25. The lowest BCUT2D eigenvalue weighted by molar-refractivity contribution is -0.178. The van der Waals surface area contributed by atoms with E-state index in [1.807, 2.05) is 51.2 Å². The van der Waals surface area contributed by atoms with Gasteiger partial charge in [0.15, 0.2) is 17.2 Å². The second-order valence-electron chi connectivity index (χ2n) is 8.54. The van der Waals surface area contributed by atoms with Gasteiger partial charge in [0, 0.05) is 34.7 Å². The van der Waals surface area contributed by atoms with Gasteiger partial charge in [-0.3, -0.25) is 4.79 Å². The van der Waals surface area contributed by atoms with Gasteiger partial charge >= 0.3 is 0 Å². The summed E-state index contributed by atoms with van der Waals surface area (Å²) in [6.07, 6.45) is 5.25. The predicted molar refractivity (Wildman–Crippen MR) is 132 cm³/mol. The molecule has 10 heteroatoms. The largest absolute Gasteiger partial charge is 0.486 e. The van der Waals surface area contributed by atoms with Crippen molar-refractivity contribution in [1.29, 1.82) is 0 Å². The van der Waals surface area contributed by atoms with Crippen LogP contribution in [0.2, 0.25) is 0 Å². The zero-order chi connectivity index (χ0) is 25.4. The molecule has 2 heterocycles. The SMILES string of the molecule is COOc1cc(C)c(OC2=C3C=C(C(=O)N=[N+]=[N-])C=CC3N(C)c3cc4c(cc32)OCCO4)c(C)c1. The van der Waals surface area contributed by atoms with E-state index in [2.05, 4.69) is 14.9 Å². The van der Waals surface area contributed by atoms with Gasteiger partial charge in [0.2, 0.25) is 5.91 Å². The van der Waals surface area contributed by atoms with Gasteiger partial charge in [-0.1, -0.05) is 12.2 Å². The van der Waals surface area contributed by atoms with E-state index in [0.717, 1.165) is 28.0 Å². The molecule has 0 saturated carbocycles. The first-order chi connectivity index (χ1) is 17.4. The van der Waals surface area contributed by atoms with Crippen LogP contribution in [0.3, 0.4) is 0 Å². The molecule has 0 saturated heterocycles. The molecule has 10 nitrogen and oxygen atoms in total. The molecule has 2 aromatic rings. The standard InChI is InChI=1S/C26H24N4O6/c1-14-9-17(36-32-4)10-15(2)24(14)35-25-18-11-16(26(31)28-29-27)5-6-20(18)30(3)21-13-23-22(12-19(21)25)33-7-8-34-23/h5-6,9-13,20H,7-8H2,1-4H3. The Labute approximate surface area is 207 Å². The van der Waals surface area contributed by atoms with E-state index in [1.54, 1.807) is 12.2 Å². The van der Waals surface area contributed by atoms with Gasteiger partial charge in [0.1, 0.15) is 24.7 Å². The lowest BCUT2D eigenvalue weighted by Crippen LogP contribution is -2.37. The highest BCUT2D eigenvalue weighted by Gasteiger charge is 2.35. The second-order valence-corrected chi connectivity index (χ2v) is 8.54. The van der Waals surface area contributed by atoms with Crippen molar-refractivity contribution in [2.24, 2.45) is 5.11 Å². The molecule has 1 amide bonds. The minimum atomic E-state index is -0.664. The Bertz CT molecular complexity index is 1380. The van der Waals surface area contributed by atoms with Crippen LogP contribution in [0.1, 0.15) is 16.7 Å². The molecule has 0 N–H and O–H groups in total. The fourth-order valence-corrected chi connectivity index (χ4v) is 4.66. The van der Waals surface area contributed by atoms with Crippen LogP contribution in [0, 0.1) is 13.8 Å². The molecule has 1 atom stereocenters. The summed E-state index contributed by atoms with van der Waals surface area (Å²) in [7, 11) is 3.41. The molecule has 0 bridgehead atoms. The summed E-state index contributed by atoms with van der Waals surface area (Å²) in [6.45, 7) is 4.76. The van der Waals surface area contributed by atoms with E-state index in [4.69, 9.17) is 29.5 Å². The molecule has 1 unspecified atom stereocenters. The number of aryl methyl sites for hydroxylation is 2. The number of rotatable bonds is 5. The van der Waals surface area contributed by atoms with Crippen LogP contribution in [-0.2, 0) is 9.68 Å². The van der Waals surface area contributed by atoms with Crippen molar-refractivity contribution in [2.75, 3.05) is 32.3 Å². The van der Waals surface area contributed by atoms with Gasteiger partial charge in [0.25, 0.3) is 0 Å². The summed E-state index contributed by atoms with van der Waals surface area (Å²) in [5.74, 6) is 2.39. The third kappa shape index (κ3) is 4.02. The number of nitrogens with zero attached hydrogens (tertiary/aromatic N) is 4. The monoisotopic (exact) mass is 488 g/mol. The Morgan fingerprint density at radius 1 is 1.14 bits per heavy atom. The molecule has 1 aliphatic carbocycles. The van der Waals surface area contributed by atoms with Gasteiger partial charge in [-0.25, -0.2) is 0 Å². The molecule has 3 aliphatic rings. The molecule has 0 fully saturated rings. The van der Waals surface area contributed by atoms with Crippen molar-refractivity contribution in [2.45, 2.75) is 19.9 Å². The van der Waals surface area contributed by atoms with E-state index in [9.17, 15) is 4.79 Å². The number of hydrogen-bond donors (Lipinski definition) is 0. The smallest absolute Gasteiger partial charge is 0.249 e. The number of ether oxygens (including phenoxy) is 3. The van der Waals surface area contributed by atoms with Gasteiger partial charge in [-0.2, -0.15) is 4.89 Å².